The van der Waals surface area contributed by atoms with Gasteiger partial charge in [-0.1, -0.05) is 12.1 Å². The van der Waals surface area contributed by atoms with Gasteiger partial charge in [0.25, 0.3) is 5.91 Å². The third-order valence-corrected chi connectivity index (χ3v) is 4.87. The molecule has 0 saturated carbocycles. The fourth-order valence-electron chi connectivity index (χ4n) is 2.73. The summed E-state index contributed by atoms with van der Waals surface area (Å²) in [4.78, 5) is 17.2. The first-order valence-electron chi connectivity index (χ1n) is 7.55. The van der Waals surface area contributed by atoms with Crippen molar-refractivity contribution in [1.82, 2.24) is 9.80 Å². The molecule has 0 radical (unpaired) electrons. The van der Waals surface area contributed by atoms with Gasteiger partial charge in [-0.15, -0.1) is 11.3 Å². The number of methoxy groups -OCH3 is 1. The largest absolute Gasteiger partial charge is 0.494 e. The van der Waals surface area contributed by atoms with Crippen LogP contribution < -0.4 is 4.74 Å². The van der Waals surface area contributed by atoms with Crippen molar-refractivity contribution in [3.05, 3.63) is 52.0 Å². The molecule has 23 heavy (non-hydrogen) atoms. The number of benzene rings is 1. The molecule has 1 aromatic heterocycles. The van der Waals surface area contributed by atoms with Crippen LogP contribution in [0.25, 0.3) is 0 Å². The summed E-state index contributed by atoms with van der Waals surface area (Å²) >= 11 is 1.47. The lowest BCUT2D eigenvalue weighted by atomic mass is 10.1. The zero-order chi connectivity index (χ0) is 16.2. The quantitative estimate of drug-likeness (QED) is 0.862. The summed E-state index contributed by atoms with van der Waals surface area (Å²) < 4.78 is 18.7. The molecule has 1 amide bonds. The topological polar surface area (TPSA) is 32.8 Å². The first kappa shape index (κ1) is 16.0. The first-order valence-corrected chi connectivity index (χ1v) is 8.43. The van der Waals surface area contributed by atoms with Gasteiger partial charge in [0.05, 0.1) is 12.0 Å². The van der Waals surface area contributed by atoms with Crippen LogP contribution in [0.3, 0.4) is 0 Å². The summed E-state index contributed by atoms with van der Waals surface area (Å²) in [6, 6.07) is 8.81. The lowest BCUT2D eigenvalue weighted by Gasteiger charge is -2.34. The number of thiophene rings is 1. The number of hydrogen-bond donors (Lipinski definition) is 0. The zero-order valence-corrected chi connectivity index (χ0v) is 13.8. The van der Waals surface area contributed by atoms with E-state index in [9.17, 15) is 9.18 Å². The standard InChI is InChI=1S/C17H19FN2O2S/c1-22-15-5-4-13(11-14(15)18)12-19-6-8-20(9-7-19)17(21)16-3-2-10-23-16/h2-5,10-11H,6-9,12H2,1H3. The predicted octanol–water partition coefficient (Wildman–Crippen LogP) is 2.85. The maximum Gasteiger partial charge on any atom is 0.264 e. The van der Waals surface area contributed by atoms with Crippen molar-refractivity contribution in [1.29, 1.82) is 0 Å². The van der Waals surface area contributed by atoms with Crippen LogP contribution in [0.1, 0.15) is 15.2 Å². The van der Waals surface area contributed by atoms with Gasteiger partial charge in [0.15, 0.2) is 11.6 Å². The average molecular weight is 334 g/mol. The summed E-state index contributed by atoms with van der Waals surface area (Å²) in [5, 5.41) is 1.92. The van der Waals surface area contributed by atoms with Crippen molar-refractivity contribution in [2.75, 3.05) is 33.3 Å². The van der Waals surface area contributed by atoms with E-state index in [4.69, 9.17) is 4.74 Å². The van der Waals surface area contributed by atoms with Gasteiger partial charge in [0.2, 0.25) is 0 Å². The third kappa shape index (κ3) is 3.71. The van der Waals surface area contributed by atoms with Crippen LogP contribution in [-0.2, 0) is 6.54 Å². The van der Waals surface area contributed by atoms with Gasteiger partial charge in [-0.25, -0.2) is 4.39 Å². The Kier molecular flexibility index (Phi) is 4.93. The molecule has 2 heterocycles. The van der Waals surface area contributed by atoms with Gasteiger partial charge in [-0.2, -0.15) is 0 Å². The molecule has 0 spiro atoms. The summed E-state index contributed by atoms with van der Waals surface area (Å²) in [6.07, 6.45) is 0. The lowest BCUT2D eigenvalue weighted by molar-refractivity contribution is 0.0633. The van der Waals surface area contributed by atoms with Crippen molar-refractivity contribution in [2.45, 2.75) is 6.54 Å². The fourth-order valence-corrected chi connectivity index (χ4v) is 3.42. The fraction of sp³-hybridized carbons (Fsp3) is 0.353. The zero-order valence-electron chi connectivity index (χ0n) is 13.0. The monoisotopic (exact) mass is 334 g/mol. The smallest absolute Gasteiger partial charge is 0.264 e. The maximum absolute atomic E-state index is 13.7. The van der Waals surface area contributed by atoms with Crippen molar-refractivity contribution in [3.63, 3.8) is 0 Å². The van der Waals surface area contributed by atoms with E-state index in [0.29, 0.717) is 19.6 Å². The summed E-state index contributed by atoms with van der Waals surface area (Å²) in [6.45, 7) is 3.68. The van der Waals surface area contributed by atoms with Gasteiger partial charge in [0.1, 0.15) is 0 Å². The number of halogens is 1. The van der Waals surface area contributed by atoms with Crippen LogP contribution in [0.4, 0.5) is 4.39 Å². The van der Waals surface area contributed by atoms with Crippen molar-refractivity contribution in [2.24, 2.45) is 0 Å². The Hall–Kier alpha value is -1.92. The third-order valence-electron chi connectivity index (χ3n) is 4.01. The van der Waals surface area contributed by atoms with E-state index in [2.05, 4.69) is 4.90 Å². The molecule has 122 valence electrons. The van der Waals surface area contributed by atoms with E-state index in [-0.39, 0.29) is 17.5 Å². The van der Waals surface area contributed by atoms with Crippen molar-refractivity contribution >= 4 is 17.2 Å². The molecule has 0 N–H and O–H groups in total. The highest BCUT2D eigenvalue weighted by atomic mass is 32.1. The molecular formula is C17H19FN2O2S. The van der Waals surface area contributed by atoms with Gasteiger partial charge >= 0.3 is 0 Å². The van der Waals surface area contributed by atoms with E-state index in [1.165, 1.54) is 24.5 Å². The molecule has 1 aliphatic rings. The van der Waals surface area contributed by atoms with Crippen LogP contribution in [0, 0.1) is 5.82 Å². The molecule has 1 saturated heterocycles. The first-order chi connectivity index (χ1) is 11.2. The minimum Gasteiger partial charge on any atom is -0.494 e. The Bertz CT molecular complexity index is 667. The van der Waals surface area contributed by atoms with E-state index in [1.807, 2.05) is 28.5 Å². The van der Waals surface area contributed by atoms with Gasteiger partial charge in [-0.05, 0) is 29.1 Å². The number of hydrogen-bond acceptors (Lipinski definition) is 4. The van der Waals surface area contributed by atoms with Crippen LogP contribution >= 0.6 is 11.3 Å². The normalized spacial score (nSPS) is 15.7. The molecule has 6 heteroatoms. The molecule has 0 aliphatic carbocycles. The molecule has 0 unspecified atom stereocenters. The van der Waals surface area contributed by atoms with Gasteiger partial charge in [0, 0.05) is 32.7 Å². The Morgan fingerprint density at radius 2 is 2.04 bits per heavy atom. The van der Waals surface area contributed by atoms with E-state index in [1.54, 1.807) is 6.07 Å². The molecule has 2 aromatic rings. The Morgan fingerprint density at radius 3 is 2.65 bits per heavy atom. The van der Waals surface area contributed by atoms with Gasteiger partial charge < -0.3 is 9.64 Å². The van der Waals surface area contributed by atoms with E-state index >= 15 is 0 Å². The molecule has 0 atom stereocenters. The van der Waals surface area contributed by atoms with Gasteiger partial charge in [-0.3, -0.25) is 9.69 Å². The second kappa shape index (κ2) is 7.10. The Labute approximate surface area is 139 Å². The van der Waals surface area contributed by atoms with Crippen LogP contribution in [0.5, 0.6) is 5.75 Å². The molecule has 0 bridgehead atoms. The van der Waals surface area contributed by atoms with Crippen molar-refractivity contribution < 1.29 is 13.9 Å². The number of carbonyl (C=O) groups excluding carboxylic acids is 1. The number of carbonyl (C=O) groups is 1. The highest BCUT2D eigenvalue weighted by molar-refractivity contribution is 7.12. The van der Waals surface area contributed by atoms with E-state index in [0.717, 1.165) is 23.5 Å². The minimum absolute atomic E-state index is 0.107. The van der Waals surface area contributed by atoms with Crippen LogP contribution in [0.15, 0.2) is 35.7 Å². The average Bonchev–Trinajstić information content (AvgIpc) is 3.09. The molecule has 1 aliphatic heterocycles. The molecule has 1 aromatic carbocycles. The molecule has 3 rings (SSSR count). The summed E-state index contributed by atoms with van der Waals surface area (Å²) in [7, 11) is 1.46. The number of amides is 1. The number of ether oxygens (including phenoxy) is 1. The highest BCUT2D eigenvalue weighted by Crippen LogP contribution is 2.19. The molecule has 1 fully saturated rings. The Balaban J connectivity index is 1.55. The van der Waals surface area contributed by atoms with E-state index < -0.39 is 0 Å². The Morgan fingerprint density at radius 1 is 1.26 bits per heavy atom. The SMILES string of the molecule is COc1ccc(CN2CCN(C(=O)c3cccs3)CC2)cc1F. The molecule has 4 nitrogen and oxygen atoms in total. The van der Waals surface area contributed by atoms with Crippen LogP contribution in [-0.4, -0.2) is 49.0 Å². The highest BCUT2D eigenvalue weighted by Gasteiger charge is 2.22. The lowest BCUT2D eigenvalue weighted by Crippen LogP contribution is -2.48. The number of rotatable bonds is 4. The molecular weight excluding hydrogens is 315 g/mol. The predicted molar refractivity (Wildman–Crippen MR) is 88.5 cm³/mol. The van der Waals surface area contributed by atoms with Crippen LogP contribution in [0.2, 0.25) is 0 Å². The summed E-state index contributed by atoms with van der Waals surface area (Å²) in [5.74, 6) is 0.0340. The second-order valence-corrected chi connectivity index (χ2v) is 6.46. The number of piperazine rings is 1. The second-order valence-electron chi connectivity index (χ2n) is 5.51. The minimum atomic E-state index is -0.337. The maximum atomic E-state index is 13.7. The van der Waals surface area contributed by atoms with Crippen molar-refractivity contribution in [3.8, 4) is 5.75 Å². The number of nitrogens with zero attached hydrogens (tertiary/aromatic N) is 2. The summed E-state index contributed by atoms with van der Waals surface area (Å²) in [5.41, 5.74) is 0.918.